The average Bonchev–Trinajstić information content (AvgIpc) is 0. The summed E-state index contributed by atoms with van der Waals surface area (Å²) in [7, 11) is 0. The van der Waals surface area contributed by atoms with E-state index in [-0.39, 0.29) is 110 Å². The van der Waals surface area contributed by atoms with E-state index in [2.05, 4.69) is 0 Å². The van der Waals surface area contributed by atoms with Gasteiger partial charge in [0.15, 0.2) is 0 Å². The Kier molecular flexibility index (Phi) is 105. The zero-order valence-electron chi connectivity index (χ0n) is 0.762. The molecule has 0 aromatic rings. The molecule has 0 rings (SSSR count). The molecule has 0 amide bonds. The molecule has 0 N–H and O–H groups in total. The van der Waals surface area contributed by atoms with Crippen LogP contribution in [-0.4, -0.2) is 80.9 Å². The van der Waals surface area contributed by atoms with Crippen LogP contribution in [-0.2, 0) is 17.1 Å². The molecule has 4 heteroatoms. The van der Waals surface area contributed by atoms with Gasteiger partial charge in [-0.15, -0.1) is 12.4 Å². The Hall–Kier alpha value is 3.45. The summed E-state index contributed by atoms with van der Waals surface area (Å²) in [6, 6.07) is 0. The predicted molar refractivity (Wildman–Crippen MR) is 21.5 cm³/mol. The van der Waals surface area contributed by atoms with Crippen LogP contribution in [0.15, 0.2) is 0 Å². The zero-order chi connectivity index (χ0) is 0. The molecule has 0 saturated heterocycles. The van der Waals surface area contributed by atoms with Crippen molar-refractivity contribution in [1.82, 2.24) is 0 Å². The second kappa shape index (κ2) is 16.1. The summed E-state index contributed by atoms with van der Waals surface area (Å²) >= 11 is 0. The van der Waals surface area contributed by atoms with Gasteiger partial charge in [-0.3, -0.25) is 0 Å². The van der Waals surface area contributed by atoms with Crippen molar-refractivity contribution in [2.75, 3.05) is 0 Å². The maximum absolute atomic E-state index is 0. The quantitative estimate of drug-likeness (QED) is 0.400. The molecule has 4 heavy (non-hydrogen) atoms. The van der Waals surface area contributed by atoms with E-state index in [9.17, 15) is 0 Å². The Balaban J connectivity index is 0. The molecule has 0 bridgehead atoms. The van der Waals surface area contributed by atoms with Crippen molar-refractivity contribution in [3.05, 3.63) is 0 Å². The fourth-order valence-corrected chi connectivity index (χ4v) is 0. The molecule has 0 heterocycles. The molecule has 0 aromatic carbocycles. The van der Waals surface area contributed by atoms with E-state index >= 15 is 0 Å². The van der Waals surface area contributed by atoms with Gasteiger partial charge in [0, 0.05) is 17.1 Å². The Labute approximate surface area is 107 Å². The Morgan fingerprint density at radius 2 is 1.00 bits per heavy atom. The Morgan fingerprint density at radius 1 is 1.00 bits per heavy atom. The summed E-state index contributed by atoms with van der Waals surface area (Å²) in [6.07, 6.45) is 0. The molecule has 0 nitrogen and oxygen atoms in total. The molecule has 0 unspecified atom stereocenters. The number of halogens is 1. The van der Waals surface area contributed by atoms with Crippen LogP contribution in [0.4, 0.5) is 0 Å². The van der Waals surface area contributed by atoms with E-state index in [1.807, 2.05) is 0 Å². The fourth-order valence-electron chi connectivity index (χ4n) is 0. The van der Waals surface area contributed by atoms with Crippen LogP contribution in [0.2, 0.25) is 0 Å². The molecular weight excluding hydrogens is 153 g/mol. The minimum absolute atomic E-state index is 0. The van der Waals surface area contributed by atoms with Crippen molar-refractivity contribution in [3.63, 3.8) is 0 Å². The fraction of sp³-hybridized carbons (Fsp3) is 0. The average molecular weight is 156 g/mol. The van der Waals surface area contributed by atoms with Gasteiger partial charge in [-0.1, -0.05) is 0 Å². The SMILES string of the molecule is Cl.[Fe].[KH].[NaH]. The first-order chi connectivity index (χ1) is 0. The molecule has 0 spiro atoms. The molecule has 20 valence electrons. The second-order valence-electron chi connectivity index (χ2n) is 0. The third kappa shape index (κ3) is 9.07. The van der Waals surface area contributed by atoms with Gasteiger partial charge in [0.05, 0.1) is 0 Å². The Bertz CT molecular complexity index is 8.00. The molecule has 0 aliphatic heterocycles. The van der Waals surface area contributed by atoms with Crippen LogP contribution < -0.4 is 0 Å². The third-order valence-electron chi connectivity index (χ3n) is 0. The van der Waals surface area contributed by atoms with Crippen molar-refractivity contribution in [1.29, 1.82) is 0 Å². The summed E-state index contributed by atoms with van der Waals surface area (Å²) < 4.78 is 0. The van der Waals surface area contributed by atoms with E-state index in [0.29, 0.717) is 0 Å². The molecule has 0 aromatic heterocycles. The second-order valence-corrected chi connectivity index (χ2v) is 0. The maximum atomic E-state index is 0. The summed E-state index contributed by atoms with van der Waals surface area (Å²) in [5.41, 5.74) is 0. The third-order valence-corrected chi connectivity index (χ3v) is 0. The monoisotopic (exact) mass is 156 g/mol. The van der Waals surface area contributed by atoms with Gasteiger partial charge in [-0.2, -0.15) is 0 Å². The molecular formula is H3ClFeKNa. The van der Waals surface area contributed by atoms with E-state index in [1.54, 1.807) is 0 Å². The van der Waals surface area contributed by atoms with Crippen LogP contribution in [0.5, 0.6) is 0 Å². The summed E-state index contributed by atoms with van der Waals surface area (Å²) in [6.45, 7) is 0. The molecule has 0 fully saturated rings. The molecule has 0 radical (unpaired) electrons. The van der Waals surface area contributed by atoms with E-state index in [0.717, 1.165) is 0 Å². The normalized spacial score (nSPS) is 0. The summed E-state index contributed by atoms with van der Waals surface area (Å²) in [5.74, 6) is 0. The van der Waals surface area contributed by atoms with Crippen molar-refractivity contribution in [2.45, 2.75) is 0 Å². The van der Waals surface area contributed by atoms with Crippen molar-refractivity contribution in [3.8, 4) is 0 Å². The van der Waals surface area contributed by atoms with Gasteiger partial charge in [0.1, 0.15) is 0 Å². The van der Waals surface area contributed by atoms with E-state index in [4.69, 9.17) is 0 Å². The summed E-state index contributed by atoms with van der Waals surface area (Å²) in [4.78, 5) is 0. The van der Waals surface area contributed by atoms with Crippen LogP contribution in [0.3, 0.4) is 0 Å². The van der Waals surface area contributed by atoms with Crippen LogP contribution in [0, 0.1) is 0 Å². The first kappa shape index (κ1) is 26.1. The van der Waals surface area contributed by atoms with Gasteiger partial charge >= 0.3 is 80.9 Å². The molecule has 0 saturated carbocycles. The van der Waals surface area contributed by atoms with E-state index in [1.165, 1.54) is 0 Å². The van der Waals surface area contributed by atoms with Crippen molar-refractivity contribution >= 4 is 93.3 Å². The number of hydrogen-bond acceptors (Lipinski definition) is 0. The standard InChI is InChI=1S/ClH.Fe.K.Na.2H/h1H;;;;;. The number of rotatable bonds is 0. The molecule has 0 aliphatic carbocycles. The topological polar surface area (TPSA) is 0 Å². The van der Waals surface area contributed by atoms with Crippen LogP contribution >= 0.6 is 12.4 Å². The summed E-state index contributed by atoms with van der Waals surface area (Å²) in [5, 5.41) is 0. The van der Waals surface area contributed by atoms with Gasteiger partial charge in [0.2, 0.25) is 0 Å². The van der Waals surface area contributed by atoms with Gasteiger partial charge in [0.25, 0.3) is 0 Å². The van der Waals surface area contributed by atoms with Crippen molar-refractivity contribution in [2.24, 2.45) is 0 Å². The zero-order valence-corrected chi connectivity index (χ0v) is 2.68. The van der Waals surface area contributed by atoms with Crippen LogP contribution in [0.25, 0.3) is 0 Å². The first-order valence-electron chi connectivity index (χ1n) is 0. The molecule has 0 aliphatic rings. The predicted octanol–water partition coefficient (Wildman–Crippen LogP) is -0.878. The minimum atomic E-state index is 0. The van der Waals surface area contributed by atoms with Gasteiger partial charge in [-0.05, 0) is 0 Å². The molecule has 0 atom stereocenters. The van der Waals surface area contributed by atoms with Crippen molar-refractivity contribution < 1.29 is 17.1 Å². The van der Waals surface area contributed by atoms with Gasteiger partial charge < -0.3 is 0 Å². The first-order valence-corrected chi connectivity index (χ1v) is 0. The van der Waals surface area contributed by atoms with E-state index < -0.39 is 0 Å². The van der Waals surface area contributed by atoms with Crippen LogP contribution in [0.1, 0.15) is 0 Å². The Morgan fingerprint density at radius 3 is 1.00 bits per heavy atom. The van der Waals surface area contributed by atoms with Gasteiger partial charge in [-0.25, -0.2) is 0 Å². The number of hydrogen-bond donors (Lipinski definition) is 0.